The number of carbonyl (C=O) groups excluding carboxylic acids is 1. The van der Waals surface area contributed by atoms with Crippen LogP contribution in [0.5, 0.6) is 0 Å². The Labute approximate surface area is 143 Å². The van der Waals surface area contributed by atoms with E-state index in [-0.39, 0.29) is 5.78 Å². The summed E-state index contributed by atoms with van der Waals surface area (Å²) in [6, 6.07) is 20.4. The Morgan fingerprint density at radius 2 is 1.50 bits per heavy atom. The van der Waals surface area contributed by atoms with Gasteiger partial charge in [0, 0.05) is 6.54 Å². The molecule has 2 aliphatic heterocycles. The lowest BCUT2D eigenvalue weighted by molar-refractivity contribution is -0.128. The predicted molar refractivity (Wildman–Crippen MR) is 97.1 cm³/mol. The highest BCUT2D eigenvalue weighted by Gasteiger charge is 2.56. The molecule has 3 heteroatoms. The molecule has 2 aliphatic rings. The third-order valence-electron chi connectivity index (χ3n) is 5.30. The Bertz CT molecular complexity index is 795. The first kappa shape index (κ1) is 15.2. The van der Waals surface area contributed by atoms with Gasteiger partial charge in [0.1, 0.15) is 0 Å². The summed E-state index contributed by atoms with van der Waals surface area (Å²) < 4.78 is 0. The maximum atomic E-state index is 13.6. The fraction of sp³-hybridized carbons (Fsp3) is 0.286. The standard InChI is InChI=1S/C21H22N2O/c1-22(2)21-14-9-15-23(21)19(17-12-7-4-8-13-17)18(20(21)24)16-10-5-3-6-11-16/h3-8,10-13H,9,14-15H2,1-2H3. The highest BCUT2D eigenvalue weighted by atomic mass is 16.1. The minimum absolute atomic E-state index is 0.232. The van der Waals surface area contributed by atoms with Crippen LogP contribution in [-0.2, 0) is 4.79 Å². The number of hydrogen-bond acceptors (Lipinski definition) is 3. The molecule has 0 saturated carbocycles. The second kappa shape index (κ2) is 5.60. The van der Waals surface area contributed by atoms with Crippen LogP contribution in [0, 0.1) is 0 Å². The van der Waals surface area contributed by atoms with Crippen LogP contribution in [0.1, 0.15) is 24.0 Å². The molecule has 1 unspecified atom stereocenters. The number of likely N-dealkylation sites (N-methyl/N-ethyl adjacent to an activating group) is 1. The van der Waals surface area contributed by atoms with Gasteiger partial charge in [-0.1, -0.05) is 60.7 Å². The summed E-state index contributed by atoms with van der Waals surface area (Å²) in [7, 11) is 4.04. The van der Waals surface area contributed by atoms with Gasteiger partial charge in [-0.25, -0.2) is 0 Å². The smallest absolute Gasteiger partial charge is 0.206 e. The molecule has 3 nitrogen and oxygen atoms in total. The summed E-state index contributed by atoms with van der Waals surface area (Å²) in [5, 5.41) is 0. The van der Waals surface area contributed by atoms with Crippen molar-refractivity contribution in [3.8, 4) is 0 Å². The van der Waals surface area contributed by atoms with E-state index in [2.05, 4.69) is 21.9 Å². The molecule has 2 heterocycles. The molecule has 0 aliphatic carbocycles. The second-order valence-corrected chi connectivity index (χ2v) is 6.75. The molecular formula is C21H22N2O. The lowest BCUT2D eigenvalue weighted by Crippen LogP contribution is -2.55. The monoisotopic (exact) mass is 318 g/mol. The van der Waals surface area contributed by atoms with E-state index in [9.17, 15) is 4.79 Å². The van der Waals surface area contributed by atoms with Crippen LogP contribution in [0.2, 0.25) is 0 Å². The first-order valence-corrected chi connectivity index (χ1v) is 8.51. The van der Waals surface area contributed by atoms with Crippen molar-refractivity contribution in [1.82, 2.24) is 9.80 Å². The number of rotatable bonds is 3. The summed E-state index contributed by atoms with van der Waals surface area (Å²) in [5.41, 5.74) is 3.54. The number of Topliss-reactive ketones (excluding diaryl/α,β-unsaturated/α-hetero) is 1. The van der Waals surface area contributed by atoms with Crippen LogP contribution in [0.25, 0.3) is 11.3 Å². The molecule has 24 heavy (non-hydrogen) atoms. The fourth-order valence-corrected chi connectivity index (χ4v) is 4.22. The molecule has 0 N–H and O–H groups in total. The normalized spacial score (nSPS) is 23.3. The van der Waals surface area contributed by atoms with Gasteiger partial charge in [-0.15, -0.1) is 0 Å². The average Bonchev–Trinajstić information content (AvgIpc) is 3.15. The molecule has 0 aromatic heterocycles. The van der Waals surface area contributed by atoms with E-state index in [0.717, 1.165) is 41.8 Å². The first-order valence-electron chi connectivity index (χ1n) is 8.51. The van der Waals surface area contributed by atoms with Crippen LogP contribution >= 0.6 is 0 Å². The lowest BCUT2D eigenvalue weighted by atomic mass is 9.92. The van der Waals surface area contributed by atoms with Gasteiger partial charge < -0.3 is 4.90 Å². The number of carbonyl (C=O) groups is 1. The first-order chi connectivity index (χ1) is 11.7. The fourth-order valence-electron chi connectivity index (χ4n) is 4.22. The van der Waals surface area contributed by atoms with Crippen LogP contribution < -0.4 is 0 Å². The molecule has 1 fully saturated rings. The number of ketones is 1. The van der Waals surface area contributed by atoms with Crippen molar-refractivity contribution in [1.29, 1.82) is 0 Å². The van der Waals surface area contributed by atoms with Crippen LogP contribution in [0.3, 0.4) is 0 Å². The summed E-state index contributed by atoms with van der Waals surface area (Å²) in [4.78, 5) is 18.0. The third kappa shape index (κ3) is 1.98. The zero-order valence-corrected chi connectivity index (χ0v) is 14.2. The van der Waals surface area contributed by atoms with Crippen molar-refractivity contribution < 1.29 is 4.79 Å². The maximum Gasteiger partial charge on any atom is 0.206 e. The van der Waals surface area contributed by atoms with Crippen molar-refractivity contribution in [2.24, 2.45) is 0 Å². The van der Waals surface area contributed by atoms with Gasteiger partial charge in [0.2, 0.25) is 5.78 Å². The van der Waals surface area contributed by atoms with Crippen molar-refractivity contribution in [3.05, 3.63) is 71.8 Å². The number of nitrogens with zero attached hydrogens (tertiary/aromatic N) is 2. The predicted octanol–water partition coefficient (Wildman–Crippen LogP) is 3.49. The van der Waals surface area contributed by atoms with E-state index in [1.807, 2.05) is 62.6 Å². The van der Waals surface area contributed by atoms with E-state index >= 15 is 0 Å². The molecule has 0 radical (unpaired) electrons. The molecule has 2 aromatic rings. The van der Waals surface area contributed by atoms with E-state index in [4.69, 9.17) is 0 Å². The Kier molecular flexibility index (Phi) is 3.54. The van der Waals surface area contributed by atoms with Crippen molar-refractivity contribution in [2.45, 2.75) is 18.5 Å². The van der Waals surface area contributed by atoms with Crippen molar-refractivity contribution in [3.63, 3.8) is 0 Å². The Hall–Kier alpha value is -2.39. The van der Waals surface area contributed by atoms with Gasteiger partial charge in [0.05, 0.1) is 11.3 Å². The quantitative estimate of drug-likeness (QED) is 0.865. The summed E-state index contributed by atoms with van der Waals surface area (Å²) in [5.74, 6) is 0.232. The van der Waals surface area contributed by atoms with E-state index < -0.39 is 5.66 Å². The van der Waals surface area contributed by atoms with Gasteiger partial charge in [0.15, 0.2) is 5.66 Å². The molecule has 0 spiro atoms. The lowest BCUT2D eigenvalue weighted by Gasteiger charge is -2.39. The number of fused-ring (bicyclic) bond motifs is 1. The molecule has 4 rings (SSSR count). The Balaban J connectivity index is 1.98. The zero-order chi connectivity index (χ0) is 16.7. The van der Waals surface area contributed by atoms with Crippen molar-refractivity contribution in [2.75, 3.05) is 20.6 Å². The topological polar surface area (TPSA) is 23.6 Å². The van der Waals surface area contributed by atoms with E-state index in [1.165, 1.54) is 0 Å². The molecule has 0 bridgehead atoms. The van der Waals surface area contributed by atoms with Crippen LogP contribution in [0.15, 0.2) is 60.7 Å². The van der Waals surface area contributed by atoms with Gasteiger partial charge in [-0.05, 0) is 38.1 Å². The van der Waals surface area contributed by atoms with Gasteiger partial charge in [0.25, 0.3) is 0 Å². The average molecular weight is 318 g/mol. The molecule has 122 valence electrons. The highest BCUT2D eigenvalue weighted by Crippen LogP contribution is 2.49. The summed E-state index contributed by atoms with van der Waals surface area (Å²) in [6.07, 6.45) is 1.92. The third-order valence-corrected chi connectivity index (χ3v) is 5.30. The molecule has 1 saturated heterocycles. The number of hydrogen-bond donors (Lipinski definition) is 0. The minimum atomic E-state index is -0.531. The zero-order valence-electron chi connectivity index (χ0n) is 14.2. The van der Waals surface area contributed by atoms with Crippen LogP contribution in [-0.4, -0.2) is 41.9 Å². The van der Waals surface area contributed by atoms with Gasteiger partial charge in [-0.3, -0.25) is 9.69 Å². The van der Waals surface area contributed by atoms with Crippen molar-refractivity contribution >= 4 is 17.1 Å². The van der Waals surface area contributed by atoms with E-state index in [0.29, 0.717) is 0 Å². The van der Waals surface area contributed by atoms with Gasteiger partial charge in [-0.2, -0.15) is 0 Å². The molecule has 0 amide bonds. The summed E-state index contributed by atoms with van der Waals surface area (Å²) >= 11 is 0. The molecule has 2 aromatic carbocycles. The Morgan fingerprint density at radius 3 is 2.08 bits per heavy atom. The largest absolute Gasteiger partial charge is 0.345 e. The maximum absolute atomic E-state index is 13.6. The molecular weight excluding hydrogens is 296 g/mol. The SMILES string of the molecule is CN(C)C12CCCN1C(c1ccccc1)=C(c1ccccc1)C2=O. The van der Waals surface area contributed by atoms with E-state index in [1.54, 1.807) is 0 Å². The second-order valence-electron chi connectivity index (χ2n) is 6.75. The van der Waals surface area contributed by atoms with Crippen LogP contribution in [0.4, 0.5) is 0 Å². The summed E-state index contributed by atoms with van der Waals surface area (Å²) in [6.45, 7) is 0.921. The minimum Gasteiger partial charge on any atom is -0.345 e. The van der Waals surface area contributed by atoms with Gasteiger partial charge >= 0.3 is 0 Å². The highest BCUT2D eigenvalue weighted by molar-refractivity contribution is 6.34. The molecule has 1 atom stereocenters. The Morgan fingerprint density at radius 1 is 0.917 bits per heavy atom. The number of benzene rings is 2.